The normalized spacial score (nSPS) is 11.1. The first kappa shape index (κ1) is 12.4. The zero-order valence-corrected chi connectivity index (χ0v) is 11.0. The second kappa shape index (κ2) is 4.80. The SMILES string of the molecule is CCCc1nccn1-c1nc2ccccn2c1C(=O)O. The first-order chi connectivity index (χ1) is 9.72. The molecule has 20 heavy (non-hydrogen) atoms. The number of hydrogen-bond donors (Lipinski definition) is 1. The van der Waals surface area contributed by atoms with Gasteiger partial charge in [0.05, 0.1) is 0 Å². The highest BCUT2D eigenvalue weighted by Crippen LogP contribution is 2.19. The van der Waals surface area contributed by atoms with Gasteiger partial charge in [0.15, 0.2) is 11.5 Å². The fourth-order valence-electron chi connectivity index (χ4n) is 2.29. The van der Waals surface area contributed by atoms with E-state index in [0.717, 1.165) is 18.7 Å². The number of aromatic carboxylic acids is 1. The van der Waals surface area contributed by atoms with E-state index in [1.54, 1.807) is 39.7 Å². The molecule has 0 atom stereocenters. The van der Waals surface area contributed by atoms with Crippen molar-refractivity contribution in [2.75, 3.05) is 0 Å². The molecule has 0 saturated heterocycles. The summed E-state index contributed by atoms with van der Waals surface area (Å²) in [5, 5.41) is 9.48. The monoisotopic (exact) mass is 270 g/mol. The summed E-state index contributed by atoms with van der Waals surface area (Å²) in [6.07, 6.45) is 6.83. The van der Waals surface area contributed by atoms with Crippen molar-refractivity contribution in [3.63, 3.8) is 0 Å². The molecule has 102 valence electrons. The summed E-state index contributed by atoms with van der Waals surface area (Å²) in [6, 6.07) is 5.40. The van der Waals surface area contributed by atoms with E-state index in [9.17, 15) is 9.90 Å². The Hall–Kier alpha value is -2.63. The van der Waals surface area contributed by atoms with Crippen molar-refractivity contribution in [3.8, 4) is 5.82 Å². The Morgan fingerprint density at radius 1 is 1.35 bits per heavy atom. The van der Waals surface area contributed by atoms with Gasteiger partial charge in [-0.2, -0.15) is 0 Å². The van der Waals surface area contributed by atoms with Crippen LogP contribution in [0.1, 0.15) is 29.7 Å². The molecule has 0 aliphatic carbocycles. The van der Waals surface area contributed by atoms with Crippen molar-refractivity contribution < 1.29 is 9.90 Å². The Morgan fingerprint density at radius 3 is 2.95 bits per heavy atom. The number of carboxylic acids is 1. The van der Waals surface area contributed by atoms with Crippen molar-refractivity contribution in [1.82, 2.24) is 18.9 Å². The van der Waals surface area contributed by atoms with Gasteiger partial charge in [-0.25, -0.2) is 14.8 Å². The fraction of sp³-hybridized carbons (Fsp3) is 0.214. The smallest absolute Gasteiger partial charge is 0.356 e. The van der Waals surface area contributed by atoms with Crippen molar-refractivity contribution in [2.24, 2.45) is 0 Å². The van der Waals surface area contributed by atoms with E-state index < -0.39 is 5.97 Å². The quantitative estimate of drug-likeness (QED) is 0.788. The summed E-state index contributed by atoms with van der Waals surface area (Å²) in [5.74, 6) is 0.220. The van der Waals surface area contributed by atoms with Crippen LogP contribution in [0.15, 0.2) is 36.8 Å². The lowest BCUT2D eigenvalue weighted by Crippen LogP contribution is -2.09. The number of aryl methyl sites for hydroxylation is 1. The summed E-state index contributed by atoms with van der Waals surface area (Å²) in [4.78, 5) is 20.3. The third-order valence-electron chi connectivity index (χ3n) is 3.13. The van der Waals surface area contributed by atoms with Crippen LogP contribution < -0.4 is 0 Å². The highest BCUT2D eigenvalue weighted by atomic mass is 16.4. The molecule has 0 unspecified atom stereocenters. The minimum Gasteiger partial charge on any atom is -0.476 e. The second-order valence-electron chi connectivity index (χ2n) is 4.48. The van der Waals surface area contributed by atoms with E-state index in [2.05, 4.69) is 16.9 Å². The van der Waals surface area contributed by atoms with Gasteiger partial charge in [-0.15, -0.1) is 0 Å². The maximum absolute atomic E-state index is 11.6. The maximum Gasteiger partial charge on any atom is 0.356 e. The molecule has 0 amide bonds. The molecule has 0 bridgehead atoms. The van der Waals surface area contributed by atoms with Gasteiger partial charge in [0, 0.05) is 25.0 Å². The summed E-state index contributed by atoms with van der Waals surface area (Å²) in [7, 11) is 0. The van der Waals surface area contributed by atoms with E-state index in [1.807, 2.05) is 6.07 Å². The van der Waals surface area contributed by atoms with Gasteiger partial charge in [-0.05, 0) is 18.6 Å². The molecular formula is C14H14N4O2. The lowest BCUT2D eigenvalue weighted by molar-refractivity contribution is 0.0689. The molecule has 0 aliphatic heterocycles. The van der Waals surface area contributed by atoms with Gasteiger partial charge in [-0.1, -0.05) is 13.0 Å². The maximum atomic E-state index is 11.6. The first-order valence-electron chi connectivity index (χ1n) is 6.45. The number of nitrogens with zero attached hydrogens (tertiary/aromatic N) is 4. The van der Waals surface area contributed by atoms with Crippen molar-refractivity contribution in [3.05, 3.63) is 48.3 Å². The van der Waals surface area contributed by atoms with Crippen LogP contribution in [0, 0.1) is 0 Å². The Kier molecular flexibility index (Phi) is 2.98. The summed E-state index contributed by atoms with van der Waals surface area (Å²) >= 11 is 0. The first-order valence-corrected chi connectivity index (χ1v) is 6.45. The van der Waals surface area contributed by atoms with E-state index >= 15 is 0 Å². The van der Waals surface area contributed by atoms with Gasteiger partial charge in [-0.3, -0.25) is 8.97 Å². The van der Waals surface area contributed by atoms with E-state index in [-0.39, 0.29) is 5.69 Å². The van der Waals surface area contributed by atoms with Crippen LogP contribution >= 0.6 is 0 Å². The minimum atomic E-state index is -1.00. The molecule has 6 heteroatoms. The molecule has 0 spiro atoms. The van der Waals surface area contributed by atoms with Crippen LogP contribution in [0.4, 0.5) is 0 Å². The van der Waals surface area contributed by atoms with Crippen LogP contribution in [0.3, 0.4) is 0 Å². The Bertz CT molecular complexity index is 772. The van der Waals surface area contributed by atoms with Crippen LogP contribution in [-0.4, -0.2) is 30.0 Å². The molecule has 6 nitrogen and oxygen atoms in total. The number of carbonyl (C=O) groups is 1. The highest BCUT2D eigenvalue weighted by molar-refractivity contribution is 5.90. The van der Waals surface area contributed by atoms with Crippen LogP contribution in [0.5, 0.6) is 0 Å². The predicted molar refractivity (Wildman–Crippen MR) is 73.3 cm³/mol. The van der Waals surface area contributed by atoms with E-state index in [1.165, 1.54) is 0 Å². The second-order valence-corrected chi connectivity index (χ2v) is 4.48. The summed E-state index contributed by atoms with van der Waals surface area (Å²) in [6.45, 7) is 2.06. The Balaban J connectivity index is 2.27. The molecular weight excluding hydrogens is 256 g/mol. The van der Waals surface area contributed by atoms with E-state index in [4.69, 9.17) is 0 Å². The number of carboxylic acid groups (broad SMARTS) is 1. The Morgan fingerprint density at radius 2 is 2.20 bits per heavy atom. The van der Waals surface area contributed by atoms with Gasteiger partial charge in [0.1, 0.15) is 11.5 Å². The molecule has 0 aliphatic rings. The zero-order valence-electron chi connectivity index (χ0n) is 11.0. The van der Waals surface area contributed by atoms with Gasteiger partial charge < -0.3 is 5.11 Å². The minimum absolute atomic E-state index is 0.149. The number of hydrogen-bond acceptors (Lipinski definition) is 3. The largest absolute Gasteiger partial charge is 0.476 e. The number of aromatic nitrogens is 4. The van der Waals surface area contributed by atoms with Gasteiger partial charge in [0.2, 0.25) is 0 Å². The van der Waals surface area contributed by atoms with Crippen LogP contribution in [0.2, 0.25) is 0 Å². The fourth-order valence-corrected chi connectivity index (χ4v) is 2.29. The van der Waals surface area contributed by atoms with Gasteiger partial charge >= 0.3 is 5.97 Å². The summed E-state index contributed by atoms with van der Waals surface area (Å²) in [5.41, 5.74) is 0.756. The third-order valence-corrected chi connectivity index (χ3v) is 3.13. The number of pyridine rings is 1. The molecule has 3 rings (SSSR count). The predicted octanol–water partition coefficient (Wildman–Crippen LogP) is 2.17. The summed E-state index contributed by atoms with van der Waals surface area (Å²) < 4.78 is 3.33. The van der Waals surface area contributed by atoms with Crippen molar-refractivity contribution >= 4 is 11.6 Å². The molecule has 3 heterocycles. The zero-order chi connectivity index (χ0) is 14.1. The average molecular weight is 270 g/mol. The van der Waals surface area contributed by atoms with Crippen molar-refractivity contribution in [2.45, 2.75) is 19.8 Å². The number of rotatable bonds is 4. The topological polar surface area (TPSA) is 72.4 Å². The standard InChI is InChI=1S/C14H14N4O2/c1-2-5-10-15-7-9-18(10)13-12(14(19)20)17-8-4-3-6-11(17)16-13/h3-4,6-9H,2,5H2,1H3,(H,19,20). The molecule has 3 aromatic heterocycles. The lowest BCUT2D eigenvalue weighted by atomic mass is 10.3. The van der Waals surface area contributed by atoms with E-state index in [0.29, 0.717) is 11.5 Å². The molecule has 0 radical (unpaired) electrons. The molecule has 0 fully saturated rings. The van der Waals surface area contributed by atoms with Crippen LogP contribution in [-0.2, 0) is 6.42 Å². The third kappa shape index (κ3) is 1.85. The number of fused-ring (bicyclic) bond motifs is 1. The molecule has 3 aromatic rings. The van der Waals surface area contributed by atoms with Gasteiger partial charge in [0.25, 0.3) is 0 Å². The molecule has 0 saturated carbocycles. The average Bonchev–Trinajstić information content (AvgIpc) is 3.01. The Labute approximate surface area is 115 Å². The van der Waals surface area contributed by atoms with Crippen molar-refractivity contribution in [1.29, 1.82) is 0 Å². The highest BCUT2D eigenvalue weighted by Gasteiger charge is 2.21. The number of imidazole rings is 2. The molecule has 0 aromatic carbocycles. The van der Waals surface area contributed by atoms with Crippen LogP contribution in [0.25, 0.3) is 11.5 Å². The molecule has 1 N–H and O–H groups in total. The lowest BCUT2D eigenvalue weighted by Gasteiger charge is -2.05.